The van der Waals surface area contributed by atoms with Crippen molar-refractivity contribution in [3.63, 3.8) is 0 Å². The van der Waals surface area contributed by atoms with E-state index in [0.717, 1.165) is 23.0 Å². The van der Waals surface area contributed by atoms with Gasteiger partial charge in [-0.1, -0.05) is 48.4 Å². The second-order valence-electron chi connectivity index (χ2n) is 6.18. The SMILES string of the molecule is O=c1nc(-c2ccccc2)c2cc(Cl)ccc2n1CC1CCC1. The standard InChI is InChI=1S/C19H17ClN2O/c20-15-9-10-17-16(11-15)18(14-7-2-1-3-8-14)21-19(23)22(17)12-13-5-4-6-13/h1-3,7-11,13H,4-6,12H2. The van der Waals surface area contributed by atoms with Crippen molar-refractivity contribution in [2.75, 3.05) is 0 Å². The van der Waals surface area contributed by atoms with Crippen molar-refractivity contribution >= 4 is 22.5 Å². The van der Waals surface area contributed by atoms with E-state index in [1.165, 1.54) is 19.3 Å². The fraction of sp³-hybridized carbons (Fsp3) is 0.263. The Morgan fingerprint density at radius 3 is 2.61 bits per heavy atom. The Morgan fingerprint density at radius 1 is 1.13 bits per heavy atom. The zero-order valence-corrected chi connectivity index (χ0v) is 13.5. The van der Waals surface area contributed by atoms with Crippen molar-refractivity contribution in [1.82, 2.24) is 9.55 Å². The van der Waals surface area contributed by atoms with Crippen LogP contribution in [-0.4, -0.2) is 9.55 Å². The van der Waals surface area contributed by atoms with Gasteiger partial charge in [-0.2, -0.15) is 4.98 Å². The maximum atomic E-state index is 12.6. The number of aromatic nitrogens is 2. The van der Waals surface area contributed by atoms with Gasteiger partial charge in [0.25, 0.3) is 0 Å². The fourth-order valence-corrected chi connectivity index (χ4v) is 3.35. The summed E-state index contributed by atoms with van der Waals surface area (Å²) >= 11 is 6.20. The summed E-state index contributed by atoms with van der Waals surface area (Å²) in [7, 11) is 0. The predicted molar refractivity (Wildman–Crippen MR) is 93.8 cm³/mol. The largest absolute Gasteiger partial charge is 0.348 e. The summed E-state index contributed by atoms with van der Waals surface area (Å²) in [5.41, 5.74) is 2.39. The lowest BCUT2D eigenvalue weighted by Crippen LogP contribution is -2.29. The molecule has 0 unspecified atom stereocenters. The lowest BCUT2D eigenvalue weighted by molar-refractivity contribution is 0.276. The molecule has 1 heterocycles. The van der Waals surface area contributed by atoms with Crippen LogP contribution in [0.4, 0.5) is 0 Å². The Hall–Kier alpha value is -2.13. The van der Waals surface area contributed by atoms with Crippen molar-refractivity contribution in [2.24, 2.45) is 5.92 Å². The minimum atomic E-state index is -0.175. The highest BCUT2D eigenvalue weighted by Crippen LogP contribution is 2.31. The molecule has 0 atom stereocenters. The minimum Gasteiger partial charge on any atom is -0.292 e. The molecule has 0 spiro atoms. The molecule has 116 valence electrons. The molecule has 3 nitrogen and oxygen atoms in total. The first-order chi connectivity index (χ1) is 11.2. The molecule has 4 rings (SSSR count). The summed E-state index contributed by atoms with van der Waals surface area (Å²) < 4.78 is 1.81. The first kappa shape index (κ1) is 14.5. The van der Waals surface area contributed by atoms with Gasteiger partial charge in [0.15, 0.2) is 0 Å². The average molecular weight is 325 g/mol. The van der Waals surface area contributed by atoms with Crippen LogP contribution in [0.15, 0.2) is 53.3 Å². The summed E-state index contributed by atoms with van der Waals surface area (Å²) in [6.07, 6.45) is 3.66. The molecule has 23 heavy (non-hydrogen) atoms. The van der Waals surface area contributed by atoms with Gasteiger partial charge >= 0.3 is 5.69 Å². The van der Waals surface area contributed by atoms with E-state index in [1.807, 2.05) is 53.1 Å². The molecule has 0 saturated heterocycles. The van der Waals surface area contributed by atoms with E-state index < -0.39 is 0 Å². The van der Waals surface area contributed by atoms with Crippen LogP contribution in [0, 0.1) is 5.92 Å². The molecule has 2 aromatic carbocycles. The molecule has 1 aliphatic carbocycles. The van der Waals surface area contributed by atoms with E-state index in [9.17, 15) is 4.79 Å². The van der Waals surface area contributed by atoms with Crippen LogP contribution in [0.5, 0.6) is 0 Å². The molecule has 0 aliphatic heterocycles. The Morgan fingerprint density at radius 2 is 1.91 bits per heavy atom. The third kappa shape index (κ3) is 2.66. The van der Waals surface area contributed by atoms with Crippen LogP contribution in [0.1, 0.15) is 19.3 Å². The Balaban J connectivity index is 1.96. The minimum absolute atomic E-state index is 0.175. The smallest absolute Gasteiger partial charge is 0.292 e. The number of hydrogen-bond acceptors (Lipinski definition) is 2. The zero-order valence-electron chi connectivity index (χ0n) is 12.7. The third-order valence-electron chi connectivity index (χ3n) is 4.66. The first-order valence-corrected chi connectivity index (χ1v) is 8.36. The number of benzene rings is 2. The van der Waals surface area contributed by atoms with Crippen LogP contribution < -0.4 is 5.69 Å². The van der Waals surface area contributed by atoms with E-state index in [2.05, 4.69) is 4.98 Å². The summed E-state index contributed by atoms with van der Waals surface area (Å²) in [6.45, 7) is 0.749. The van der Waals surface area contributed by atoms with Crippen LogP contribution in [0.25, 0.3) is 22.2 Å². The van der Waals surface area contributed by atoms with Crippen molar-refractivity contribution < 1.29 is 0 Å². The van der Waals surface area contributed by atoms with Crippen LogP contribution in [0.3, 0.4) is 0 Å². The number of fused-ring (bicyclic) bond motifs is 1. The maximum absolute atomic E-state index is 12.6. The van der Waals surface area contributed by atoms with E-state index in [-0.39, 0.29) is 5.69 Å². The van der Waals surface area contributed by atoms with E-state index in [1.54, 1.807) is 0 Å². The van der Waals surface area contributed by atoms with Crippen LogP contribution >= 0.6 is 11.6 Å². The van der Waals surface area contributed by atoms with Gasteiger partial charge in [0, 0.05) is 22.5 Å². The second kappa shape index (κ2) is 5.82. The predicted octanol–water partition coefficient (Wildman–Crippen LogP) is 4.52. The Labute approximate surface area is 139 Å². The molecule has 1 fully saturated rings. The van der Waals surface area contributed by atoms with Crippen LogP contribution in [-0.2, 0) is 6.54 Å². The van der Waals surface area contributed by atoms with Crippen molar-refractivity contribution in [3.8, 4) is 11.3 Å². The zero-order chi connectivity index (χ0) is 15.8. The quantitative estimate of drug-likeness (QED) is 0.710. The van der Waals surface area contributed by atoms with Crippen molar-refractivity contribution in [2.45, 2.75) is 25.8 Å². The monoisotopic (exact) mass is 324 g/mol. The van der Waals surface area contributed by atoms with Gasteiger partial charge in [0.1, 0.15) is 0 Å². The lowest BCUT2D eigenvalue weighted by atomic mass is 9.85. The topological polar surface area (TPSA) is 34.9 Å². The summed E-state index contributed by atoms with van der Waals surface area (Å²) in [6, 6.07) is 15.5. The molecule has 1 saturated carbocycles. The van der Waals surface area contributed by atoms with Gasteiger partial charge in [-0.05, 0) is 37.0 Å². The van der Waals surface area contributed by atoms with Gasteiger partial charge in [-0.25, -0.2) is 4.79 Å². The third-order valence-corrected chi connectivity index (χ3v) is 4.89. The number of halogens is 1. The average Bonchev–Trinajstić information content (AvgIpc) is 2.53. The van der Waals surface area contributed by atoms with Gasteiger partial charge in [-0.3, -0.25) is 4.57 Å². The molecule has 0 N–H and O–H groups in total. The van der Waals surface area contributed by atoms with Gasteiger partial charge < -0.3 is 0 Å². The van der Waals surface area contributed by atoms with E-state index >= 15 is 0 Å². The highest BCUT2D eigenvalue weighted by molar-refractivity contribution is 6.31. The van der Waals surface area contributed by atoms with Gasteiger partial charge in [-0.15, -0.1) is 0 Å². The highest BCUT2D eigenvalue weighted by Gasteiger charge is 2.20. The number of nitrogens with zero attached hydrogens (tertiary/aromatic N) is 2. The van der Waals surface area contributed by atoms with Gasteiger partial charge in [0.2, 0.25) is 0 Å². The Bertz CT molecular complexity index is 914. The summed E-state index contributed by atoms with van der Waals surface area (Å²) in [5.74, 6) is 0.593. The molecule has 0 radical (unpaired) electrons. The second-order valence-corrected chi connectivity index (χ2v) is 6.61. The number of hydrogen-bond donors (Lipinski definition) is 0. The van der Waals surface area contributed by atoms with Crippen molar-refractivity contribution in [1.29, 1.82) is 0 Å². The first-order valence-electron chi connectivity index (χ1n) is 7.98. The van der Waals surface area contributed by atoms with Crippen molar-refractivity contribution in [3.05, 3.63) is 64.0 Å². The highest BCUT2D eigenvalue weighted by atomic mass is 35.5. The van der Waals surface area contributed by atoms with E-state index in [0.29, 0.717) is 16.6 Å². The molecule has 3 aromatic rings. The molecule has 1 aliphatic rings. The fourth-order valence-electron chi connectivity index (χ4n) is 3.18. The molecule has 4 heteroatoms. The Kier molecular flexibility index (Phi) is 3.66. The molecule has 0 amide bonds. The van der Waals surface area contributed by atoms with Gasteiger partial charge in [0.05, 0.1) is 11.2 Å². The maximum Gasteiger partial charge on any atom is 0.348 e. The summed E-state index contributed by atoms with van der Waals surface area (Å²) in [4.78, 5) is 17.0. The molecule has 0 bridgehead atoms. The van der Waals surface area contributed by atoms with Crippen LogP contribution in [0.2, 0.25) is 5.02 Å². The summed E-state index contributed by atoms with van der Waals surface area (Å²) in [5, 5.41) is 1.59. The molecular formula is C19H17ClN2O. The molecule has 1 aromatic heterocycles. The lowest BCUT2D eigenvalue weighted by Gasteiger charge is -2.26. The molecular weight excluding hydrogens is 308 g/mol. The number of rotatable bonds is 3. The van der Waals surface area contributed by atoms with E-state index in [4.69, 9.17) is 11.6 Å². The normalized spacial score (nSPS) is 14.8.